The molecule has 2 saturated heterocycles. The molecule has 0 spiro atoms. The Balaban J connectivity index is 1.66. The van der Waals surface area contributed by atoms with Crippen LogP contribution in [-0.2, 0) is 25.6 Å². The molecule has 3 heterocycles. The van der Waals surface area contributed by atoms with Gasteiger partial charge in [0.25, 0.3) is 0 Å². The number of carbonyl (C=O) groups is 4. The van der Waals surface area contributed by atoms with Gasteiger partial charge in [-0.3, -0.25) is 19.2 Å². The van der Waals surface area contributed by atoms with Gasteiger partial charge in [0.2, 0.25) is 23.6 Å². The fraction of sp³-hybridized carbons (Fsp3) is 0.600. The normalized spacial score (nSPS) is 23.7. The molecule has 45 heavy (non-hydrogen) atoms. The van der Waals surface area contributed by atoms with Crippen molar-refractivity contribution in [2.24, 2.45) is 5.92 Å². The van der Waals surface area contributed by atoms with Crippen LogP contribution < -0.4 is 20.8 Å². The molecule has 5 atom stereocenters. The minimum atomic E-state index is -0.975. The molecule has 10 nitrogen and oxygen atoms in total. The van der Waals surface area contributed by atoms with E-state index in [2.05, 4.69) is 29.5 Å². The quantitative estimate of drug-likeness (QED) is 0.244. The summed E-state index contributed by atoms with van der Waals surface area (Å²) < 4.78 is 1.64. The van der Waals surface area contributed by atoms with Gasteiger partial charge in [0, 0.05) is 24.5 Å². The maximum Gasteiger partial charge on any atom is 0.246 e. The average molecular weight is 622 g/mol. The second-order valence-electron chi connectivity index (χ2n) is 12.6. The van der Waals surface area contributed by atoms with Crippen molar-refractivity contribution in [3.05, 3.63) is 48.2 Å². The van der Waals surface area contributed by atoms with Crippen LogP contribution in [-0.4, -0.2) is 71.1 Å². The molecule has 1 aromatic heterocycles. The van der Waals surface area contributed by atoms with Gasteiger partial charge >= 0.3 is 0 Å². The molecule has 0 radical (unpaired) electrons. The number of fused-ring (bicyclic) bond motifs is 2. The molecule has 0 aliphatic carbocycles. The number of benzene rings is 1. The van der Waals surface area contributed by atoms with Crippen molar-refractivity contribution in [1.82, 2.24) is 25.6 Å². The molecule has 10 heteroatoms. The standard InChI is InChI=1S/C35H51N5O5/c1-6-23(3)15-9-8-10-17-27-32(41)37-28(21-25-22-40(45-5)29-18-12-11-16-26(25)29)33(42)38-31(24(4)7-2)35(44)39-20-14-13-19-30(39)34(43)36-27/h11-12,16,18,22,24,27-28,30-31H,3,6-10,13-15,17,19-21H2,1-2,4-5H3,(H,36,43)(H,37,41)(H,38,42)/t24?,27-,28-,30+,31-/m0/s1. The van der Waals surface area contributed by atoms with Crippen molar-refractivity contribution in [1.29, 1.82) is 0 Å². The predicted molar refractivity (Wildman–Crippen MR) is 175 cm³/mol. The Kier molecular flexibility index (Phi) is 12.1. The third-order valence-electron chi connectivity index (χ3n) is 9.54. The first-order valence-electron chi connectivity index (χ1n) is 16.7. The number of para-hydroxylation sites is 1. The highest BCUT2D eigenvalue weighted by atomic mass is 16.6. The first-order chi connectivity index (χ1) is 21.7. The summed E-state index contributed by atoms with van der Waals surface area (Å²) in [6, 6.07) is 4.41. The van der Waals surface area contributed by atoms with Crippen molar-refractivity contribution in [2.75, 3.05) is 13.7 Å². The van der Waals surface area contributed by atoms with Crippen molar-refractivity contribution >= 4 is 34.5 Å². The van der Waals surface area contributed by atoms with Crippen LogP contribution in [0.3, 0.4) is 0 Å². The van der Waals surface area contributed by atoms with E-state index in [4.69, 9.17) is 4.84 Å². The Morgan fingerprint density at radius 2 is 1.71 bits per heavy atom. The van der Waals surface area contributed by atoms with Gasteiger partial charge in [-0.05, 0) is 62.5 Å². The molecular formula is C35H51N5O5. The summed E-state index contributed by atoms with van der Waals surface area (Å²) in [5, 5.41) is 9.88. The number of amides is 4. The third kappa shape index (κ3) is 8.27. The molecule has 2 fully saturated rings. The zero-order chi connectivity index (χ0) is 32.5. The van der Waals surface area contributed by atoms with Crippen LogP contribution in [0.4, 0.5) is 0 Å². The van der Waals surface area contributed by atoms with Crippen molar-refractivity contribution in [2.45, 2.75) is 116 Å². The van der Waals surface area contributed by atoms with Gasteiger partial charge in [-0.1, -0.05) is 70.4 Å². The van der Waals surface area contributed by atoms with Crippen LogP contribution in [0.1, 0.15) is 90.5 Å². The highest BCUT2D eigenvalue weighted by Gasteiger charge is 2.40. The summed E-state index contributed by atoms with van der Waals surface area (Å²) in [5.74, 6) is -1.54. The maximum absolute atomic E-state index is 14.1. The number of nitrogens with zero attached hydrogens (tertiary/aromatic N) is 2. The lowest BCUT2D eigenvalue weighted by molar-refractivity contribution is -0.147. The number of allylic oxidation sites excluding steroid dienone is 1. The second kappa shape index (κ2) is 16.0. The van der Waals surface area contributed by atoms with Gasteiger partial charge in [-0.2, -0.15) is 4.73 Å². The van der Waals surface area contributed by atoms with E-state index in [0.717, 1.165) is 61.4 Å². The Labute approximate surface area is 267 Å². The number of hydrogen-bond acceptors (Lipinski definition) is 5. The van der Waals surface area contributed by atoms with Crippen LogP contribution in [0.5, 0.6) is 0 Å². The maximum atomic E-state index is 14.1. The smallest absolute Gasteiger partial charge is 0.246 e. The lowest BCUT2D eigenvalue weighted by Gasteiger charge is -2.39. The number of nitrogens with one attached hydrogen (secondary N) is 3. The molecule has 0 saturated carbocycles. The average Bonchev–Trinajstić information content (AvgIpc) is 3.41. The lowest BCUT2D eigenvalue weighted by Crippen LogP contribution is -2.64. The number of aromatic nitrogens is 1. The summed E-state index contributed by atoms with van der Waals surface area (Å²) >= 11 is 0. The Bertz CT molecular complexity index is 1370. The third-order valence-corrected chi connectivity index (χ3v) is 9.54. The van der Waals surface area contributed by atoms with Gasteiger partial charge in [0.05, 0.1) is 5.52 Å². The Morgan fingerprint density at radius 3 is 2.44 bits per heavy atom. The van der Waals surface area contributed by atoms with Crippen molar-refractivity contribution in [3.8, 4) is 0 Å². The van der Waals surface area contributed by atoms with E-state index in [-0.39, 0.29) is 24.2 Å². The van der Waals surface area contributed by atoms with E-state index < -0.39 is 36.0 Å². The van der Waals surface area contributed by atoms with E-state index in [1.165, 1.54) is 5.57 Å². The minimum Gasteiger partial charge on any atom is -0.417 e. The first kappa shape index (κ1) is 34.1. The number of carbonyl (C=O) groups excluding carboxylic acids is 4. The van der Waals surface area contributed by atoms with Crippen LogP contribution in [0, 0.1) is 5.92 Å². The highest BCUT2D eigenvalue weighted by Crippen LogP contribution is 2.24. The minimum absolute atomic E-state index is 0.168. The van der Waals surface area contributed by atoms with Crippen LogP contribution in [0.2, 0.25) is 0 Å². The van der Waals surface area contributed by atoms with E-state index in [1.807, 2.05) is 44.3 Å². The zero-order valence-electron chi connectivity index (χ0n) is 27.4. The Hall–Kier alpha value is -3.82. The number of hydrogen-bond donors (Lipinski definition) is 3. The van der Waals surface area contributed by atoms with Gasteiger partial charge in [-0.15, -0.1) is 0 Å². The molecule has 3 N–H and O–H groups in total. The highest BCUT2D eigenvalue weighted by molar-refractivity contribution is 5.98. The molecule has 2 aliphatic rings. The Morgan fingerprint density at radius 1 is 0.978 bits per heavy atom. The summed E-state index contributed by atoms with van der Waals surface area (Å²) in [6.07, 6.45) is 9.70. The second-order valence-corrected chi connectivity index (χ2v) is 12.6. The van der Waals surface area contributed by atoms with Crippen LogP contribution in [0.25, 0.3) is 10.9 Å². The molecule has 1 aromatic carbocycles. The number of unbranched alkanes of at least 4 members (excludes halogenated alkanes) is 2. The van der Waals surface area contributed by atoms with E-state index >= 15 is 0 Å². The van der Waals surface area contributed by atoms with E-state index in [0.29, 0.717) is 25.8 Å². The molecule has 2 aromatic rings. The monoisotopic (exact) mass is 621 g/mol. The molecule has 4 rings (SSSR count). The van der Waals surface area contributed by atoms with Gasteiger partial charge in [0.1, 0.15) is 31.3 Å². The summed E-state index contributed by atoms with van der Waals surface area (Å²) in [4.78, 5) is 62.9. The number of piperidine rings is 1. The predicted octanol–water partition coefficient (Wildman–Crippen LogP) is 4.05. The van der Waals surface area contributed by atoms with Gasteiger partial charge < -0.3 is 25.7 Å². The zero-order valence-corrected chi connectivity index (χ0v) is 27.4. The van der Waals surface area contributed by atoms with E-state index in [1.54, 1.807) is 16.7 Å². The molecule has 1 unspecified atom stereocenters. The largest absolute Gasteiger partial charge is 0.417 e. The molecular weight excluding hydrogens is 570 g/mol. The first-order valence-corrected chi connectivity index (χ1v) is 16.7. The van der Waals surface area contributed by atoms with Gasteiger partial charge in [-0.25, -0.2) is 0 Å². The summed E-state index contributed by atoms with van der Waals surface area (Å²) in [5.41, 5.74) is 2.86. The SMILES string of the molecule is C=C(CC)CCCCC[C@@H]1NC(=O)[C@H]2CCCCN2C(=O)[C@H](C(C)CC)NC(=O)[C@H](Cc2cn(OC)c3ccccc23)NC1=O. The van der Waals surface area contributed by atoms with Crippen molar-refractivity contribution < 1.29 is 24.0 Å². The fourth-order valence-corrected chi connectivity index (χ4v) is 6.43. The van der Waals surface area contributed by atoms with E-state index in [9.17, 15) is 19.2 Å². The summed E-state index contributed by atoms with van der Waals surface area (Å²) in [7, 11) is 1.57. The number of rotatable bonds is 12. The van der Waals surface area contributed by atoms with Gasteiger partial charge in [0.15, 0.2) is 0 Å². The molecule has 4 amide bonds. The molecule has 0 bridgehead atoms. The lowest BCUT2D eigenvalue weighted by atomic mass is 9.93. The summed E-state index contributed by atoms with van der Waals surface area (Å²) in [6.45, 7) is 10.5. The molecule has 2 aliphatic heterocycles. The molecule has 246 valence electrons. The van der Waals surface area contributed by atoms with Crippen LogP contribution in [0.15, 0.2) is 42.6 Å². The fourth-order valence-electron chi connectivity index (χ4n) is 6.43. The van der Waals surface area contributed by atoms with Crippen molar-refractivity contribution in [3.63, 3.8) is 0 Å². The topological polar surface area (TPSA) is 122 Å². The van der Waals surface area contributed by atoms with Crippen LogP contribution >= 0.6 is 0 Å².